The van der Waals surface area contributed by atoms with E-state index in [4.69, 9.17) is 4.42 Å². The summed E-state index contributed by atoms with van der Waals surface area (Å²) in [7, 11) is 0. The highest BCUT2D eigenvalue weighted by Crippen LogP contribution is 2.22. The number of carbonyl (C=O) groups excluding carboxylic acids is 1. The molecule has 1 saturated heterocycles. The van der Waals surface area contributed by atoms with Crippen LogP contribution in [0.3, 0.4) is 0 Å². The van der Waals surface area contributed by atoms with E-state index in [2.05, 4.69) is 22.4 Å². The molecule has 0 bridgehead atoms. The summed E-state index contributed by atoms with van der Waals surface area (Å²) in [6.07, 6.45) is 2.10. The zero-order chi connectivity index (χ0) is 16.2. The van der Waals surface area contributed by atoms with E-state index in [0.717, 1.165) is 50.5 Å². The molecule has 7 heteroatoms. The molecule has 2 N–H and O–H groups in total. The summed E-state index contributed by atoms with van der Waals surface area (Å²) in [6, 6.07) is 5.54. The molecule has 3 heterocycles. The van der Waals surface area contributed by atoms with Crippen LogP contribution in [0.25, 0.3) is 11.5 Å². The minimum Gasteiger partial charge on any atom is -0.460 e. The molecule has 3 rings (SSSR count). The maximum absolute atomic E-state index is 12.6. The molecule has 1 fully saturated rings. The molecule has 0 unspecified atom stereocenters. The van der Waals surface area contributed by atoms with Crippen molar-refractivity contribution < 1.29 is 9.21 Å². The molecule has 2 aromatic heterocycles. The van der Waals surface area contributed by atoms with Crippen LogP contribution in [-0.2, 0) is 0 Å². The molecular formula is C17H25ClN4O2. The number of aryl methyl sites for hydroxylation is 1. The maximum Gasteiger partial charge on any atom is 0.274 e. The number of aromatic amines is 1. The van der Waals surface area contributed by atoms with Crippen molar-refractivity contribution in [2.45, 2.75) is 26.7 Å². The first-order chi connectivity index (χ1) is 11.2. The maximum atomic E-state index is 12.6. The molecule has 0 radical (unpaired) electrons. The molecule has 0 atom stereocenters. The first kappa shape index (κ1) is 18.5. The van der Waals surface area contributed by atoms with E-state index in [9.17, 15) is 4.79 Å². The van der Waals surface area contributed by atoms with Crippen molar-refractivity contribution in [3.8, 4) is 11.5 Å². The molecule has 0 aromatic carbocycles. The van der Waals surface area contributed by atoms with Gasteiger partial charge in [-0.15, -0.1) is 12.4 Å². The third-order valence-corrected chi connectivity index (χ3v) is 4.39. The first-order valence-electron chi connectivity index (χ1n) is 8.29. The van der Waals surface area contributed by atoms with Crippen molar-refractivity contribution in [1.82, 2.24) is 20.4 Å². The second-order valence-electron chi connectivity index (χ2n) is 6.12. The number of H-pyrrole nitrogens is 1. The Bertz CT molecular complexity index is 659. The fourth-order valence-electron chi connectivity index (χ4n) is 2.99. The summed E-state index contributed by atoms with van der Waals surface area (Å²) in [5.74, 6) is 2.21. The molecule has 0 spiro atoms. The number of amides is 1. The molecule has 0 saturated carbocycles. The number of likely N-dealkylation sites (tertiary alicyclic amines) is 1. The molecule has 1 aliphatic heterocycles. The lowest BCUT2D eigenvalue weighted by Gasteiger charge is -2.31. The van der Waals surface area contributed by atoms with Crippen molar-refractivity contribution in [1.29, 1.82) is 0 Å². The zero-order valence-corrected chi connectivity index (χ0v) is 15.0. The van der Waals surface area contributed by atoms with Crippen LogP contribution in [0.4, 0.5) is 0 Å². The molecule has 1 amide bonds. The van der Waals surface area contributed by atoms with Crippen molar-refractivity contribution in [3.05, 3.63) is 29.7 Å². The summed E-state index contributed by atoms with van der Waals surface area (Å²) in [6.45, 7) is 7.66. The highest BCUT2D eigenvalue weighted by molar-refractivity contribution is 5.93. The van der Waals surface area contributed by atoms with Gasteiger partial charge in [0.25, 0.3) is 5.91 Å². The number of furan rings is 1. The fraction of sp³-hybridized carbons (Fsp3) is 0.529. The topological polar surface area (TPSA) is 74.2 Å². The Morgan fingerprint density at radius 2 is 2.17 bits per heavy atom. The molecule has 132 valence electrons. The van der Waals surface area contributed by atoms with Gasteiger partial charge >= 0.3 is 0 Å². The quantitative estimate of drug-likeness (QED) is 0.867. The average Bonchev–Trinajstić information content (AvgIpc) is 3.21. The minimum absolute atomic E-state index is 0. The second-order valence-corrected chi connectivity index (χ2v) is 6.12. The van der Waals surface area contributed by atoms with Crippen molar-refractivity contribution in [2.24, 2.45) is 5.92 Å². The number of aromatic nitrogens is 2. The van der Waals surface area contributed by atoms with Crippen LogP contribution >= 0.6 is 12.4 Å². The van der Waals surface area contributed by atoms with E-state index in [0.29, 0.717) is 17.4 Å². The lowest BCUT2D eigenvalue weighted by Crippen LogP contribution is -2.40. The SMILES string of the molecule is CCNCC1CCN(C(=O)c2cc(-c3ccc(C)o3)[nH]n2)CC1.Cl. The summed E-state index contributed by atoms with van der Waals surface area (Å²) in [5.41, 5.74) is 1.20. The Kier molecular flexibility index (Phi) is 6.45. The van der Waals surface area contributed by atoms with Gasteiger partial charge in [0.05, 0.1) is 0 Å². The fourth-order valence-corrected chi connectivity index (χ4v) is 2.99. The van der Waals surface area contributed by atoms with Gasteiger partial charge in [-0.05, 0) is 50.9 Å². The second kappa shape index (κ2) is 8.35. The smallest absolute Gasteiger partial charge is 0.274 e. The Hall–Kier alpha value is -1.79. The number of hydrogen-bond acceptors (Lipinski definition) is 4. The van der Waals surface area contributed by atoms with Crippen LogP contribution in [0.1, 0.15) is 36.0 Å². The average molecular weight is 353 g/mol. The Labute approximate surface area is 148 Å². The van der Waals surface area contributed by atoms with E-state index < -0.39 is 0 Å². The third kappa shape index (κ3) is 4.19. The van der Waals surface area contributed by atoms with Crippen LogP contribution in [0.2, 0.25) is 0 Å². The van der Waals surface area contributed by atoms with Gasteiger partial charge in [0, 0.05) is 19.2 Å². The van der Waals surface area contributed by atoms with Crippen molar-refractivity contribution >= 4 is 18.3 Å². The first-order valence-corrected chi connectivity index (χ1v) is 8.29. The predicted octanol–water partition coefficient (Wildman–Crippen LogP) is 2.86. The number of rotatable bonds is 5. The molecular weight excluding hydrogens is 328 g/mol. The summed E-state index contributed by atoms with van der Waals surface area (Å²) < 4.78 is 5.56. The van der Waals surface area contributed by atoms with Gasteiger partial charge in [-0.3, -0.25) is 9.89 Å². The predicted molar refractivity (Wildman–Crippen MR) is 95.4 cm³/mol. The van der Waals surface area contributed by atoms with E-state index >= 15 is 0 Å². The van der Waals surface area contributed by atoms with Gasteiger partial charge in [-0.2, -0.15) is 5.10 Å². The van der Waals surface area contributed by atoms with Crippen LogP contribution in [0.5, 0.6) is 0 Å². The zero-order valence-electron chi connectivity index (χ0n) is 14.2. The van der Waals surface area contributed by atoms with Gasteiger partial charge in [-0.1, -0.05) is 6.92 Å². The van der Waals surface area contributed by atoms with Crippen LogP contribution in [0, 0.1) is 12.8 Å². The van der Waals surface area contributed by atoms with Crippen LogP contribution < -0.4 is 5.32 Å². The minimum atomic E-state index is -0.00215. The summed E-state index contributed by atoms with van der Waals surface area (Å²) >= 11 is 0. The number of nitrogens with zero attached hydrogens (tertiary/aromatic N) is 2. The third-order valence-electron chi connectivity index (χ3n) is 4.39. The number of nitrogens with one attached hydrogen (secondary N) is 2. The van der Waals surface area contributed by atoms with Gasteiger partial charge in [0.2, 0.25) is 0 Å². The van der Waals surface area contributed by atoms with Crippen LogP contribution in [0.15, 0.2) is 22.6 Å². The van der Waals surface area contributed by atoms with E-state index in [1.807, 2.05) is 24.0 Å². The molecule has 1 aliphatic rings. The number of carbonyl (C=O) groups is 1. The van der Waals surface area contributed by atoms with Crippen molar-refractivity contribution in [2.75, 3.05) is 26.2 Å². The lowest BCUT2D eigenvalue weighted by atomic mass is 9.96. The van der Waals surface area contributed by atoms with Gasteiger partial charge in [0.15, 0.2) is 11.5 Å². The molecule has 24 heavy (non-hydrogen) atoms. The van der Waals surface area contributed by atoms with E-state index in [-0.39, 0.29) is 18.3 Å². The van der Waals surface area contributed by atoms with Gasteiger partial charge < -0.3 is 14.6 Å². The standard InChI is InChI=1S/C17H24N4O2.ClH/c1-3-18-11-13-6-8-21(9-7-13)17(22)15-10-14(19-20-15)16-5-4-12(2)23-16;/h4-5,10,13,18H,3,6-9,11H2,1-2H3,(H,19,20);1H. The van der Waals surface area contributed by atoms with Crippen molar-refractivity contribution in [3.63, 3.8) is 0 Å². The van der Waals surface area contributed by atoms with E-state index in [1.165, 1.54) is 0 Å². The van der Waals surface area contributed by atoms with E-state index in [1.54, 1.807) is 6.07 Å². The Morgan fingerprint density at radius 1 is 1.42 bits per heavy atom. The monoisotopic (exact) mass is 352 g/mol. The number of piperidine rings is 1. The largest absolute Gasteiger partial charge is 0.460 e. The normalized spacial score (nSPS) is 15.3. The number of halogens is 1. The molecule has 6 nitrogen and oxygen atoms in total. The molecule has 0 aliphatic carbocycles. The summed E-state index contributed by atoms with van der Waals surface area (Å²) in [5, 5.41) is 10.4. The highest BCUT2D eigenvalue weighted by atomic mass is 35.5. The Morgan fingerprint density at radius 3 is 2.79 bits per heavy atom. The number of hydrogen-bond donors (Lipinski definition) is 2. The molecule has 2 aromatic rings. The highest BCUT2D eigenvalue weighted by Gasteiger charge is 2.25. The van der Waals surface area contributed by atoms with Crippen LogP contribution in [-0.4, -0.2) is 47.2 Å². The lowest BCUT2D eigenvalue weighted by molar-refractivity contribution is 0.0684. The van der Waals surface area contributed by atoms with Gasteiger partial charge in [-0.25, -0.2) is 0 Å². The summed E-state index contributed by atoms with van der Waals surface area (Å²) in [4.78, 5) is 14.5. The van der Waals surface area contributed by atoms with Gasteiger partial charge in [0.1, 0.15) is 11.5 Å². The Balaban J connectivity index is 0.00000208.